The fourth-order valence-electron chi connectivity index (χ4n) is 2.86. The molecule has 0 aromatic heterocycles. The van der Waals surface area contributed by atoms with E-state index in [1.165, 1.54) is 19.3 Å². The van der Waals surface area contributed by atoms with Gasteiger partial charge in [-0.15, -0.1) is 0 Å². The van der Waals surface area contributed by atoms with E-state index in [1.54, 1.807) is 6.08 Å². The number of esters is 1. The molecule has 19 heavy (non-hydrogen) atoms. The van der Waals surface area contributed by atoms with E-state index in [2.05, 4.69) is 6.92 Å². The number of carbonyl (C=O) groups is 2. The molecule has 0 spiro atoms. The molecule has 108 valence electrons. The van der Waals surface area contributed by atoms with E-state index in [-0.39, 0.29) is 23.6 Å². The highest BCUT2D eigenvalue weighted by Crippen LogP contribution is 2.33. The van der Waals surface area contributed by atoms with Crippen molar-refractivity contribution in [1.82, 2.24) is 0 Å². The van der Waals surface area contributed by atoms with Gasteiger partial charge in [0.25, 0.3) is 0 Å². The summed E-state index contributed by atoms with van der Waals surface area (Å²) in [5.41, 5.74) is 0.871. The molecule has 0 saturated heterocycles. The number of ketones is 1. The maximum absolute atomic E-state index is 12.0. The third-order valence-corrected chi connectivity index (χ3v) is 3.78. The minimum Gasteiger partial charge on any atom is -0.466 e. The summed E-state index contributed by atoms with van der Waals surface area (Å²) in [6, 6.07) is 0. The van der Waals surface area contributed by atoms with Crippen LogP contribution in [0.4, 0.5) is 0 Å². The first-order valence-corrected chi connectivity index (χ1v) is 7.47. The molecule has 0 aliphatic heterocycles. The Morgan fingerprint density at radius 1 is 1.32 bits per heavy atom. The van der Waals surface area contributed by atoms with Crippen molar-refractivity contribution < 1.29 is 14.3 Å². The maximum Gasteiger partial charge on any atom is 0.313 e. The van der Waals surface area contributed by atoms with E-state index in [1.807, 2.05) is 13.8 Å². The molecule has 1 aliphatic carbocycles. The molecule has 0 N–H and O–H groups in total. The molecule has 3 heteroatoms. The van der Waals surface area contributed by atoms with Gasteiger partial charge in [0.05, 0.1) is 12.5 Å². The second-order valence-corrected chi connectivity index (χ2v) is 5.40. The van der Waals surface area contributed by atoms with Gasteiger partial charge in [-0.2, -0.15) is 0 Å². The van der Waals surface area contributed by atoms with Gasteiger partial charge in [0.15, 0.2) is 5.78 Å². The first kappa shape index (κ1) is 15.9. The maximum atomic E-state index is 12.0. The van der Waals surface area contributed by atoms with Crippen LogP contribution in [-0.2, 0) is 14.3 Å². The van der Waals surface area contributed by atoms with Crippen LogP contribution in [0.25, 0.3) is 0 Å². The fraction of sp³-hybridized carbons (Fsp3) is 0.750. The average molecular weight is 266 g/mol. The van der Waals surface area contributed by atoms with Gasteiger partial charge in [-0.25, -0.2) is 0 Å². The normalized spacial score (nSPS) is 23.1. The average Bonchev–Trinajstić information content (AvgIpc) is 2.34. The molecule has 0 bridgehead atoms. The Balaban J connectivity index is 2.66. The number of ether oxygens (including phenoxy) is 1. The van der Waals surface area contributed by atoms with E-state index >= 15 is 0 Å². The predicted octanol–water partition coefficient (Wildman–Crippen LogP) is 3.67. The number of hydrogen-bond acceptors (Lipinski definition) is 3. The summed E-state index contributed by atoms with van der Waals surface area (Å²) in [6.45, 7) is 6.27. The molecule has 0 saturated carbocycles. The topological polar surface area (TPSA) is 43.4 Å². The van der Waals surface area contributed by atoms with Gasteiger partial charge >= 0.3 is 5.97 Å². The quantitative estimate of drug-likeness (QED) is 0.521. The van der Waals surface area contributed by atoms with Gasteiger partial charge in [-0.05, 0) is 32.3 Å². The largest absolute Gasteiger partial charge is 0.466 e. The summed E-state index contributed by atoms with van der Waals surface area (Å²) in [4.78, 5) is 23.7. The number of carbonyl (C=O) groups excluding carboxylic acids is 2. The van der Waals surface area contributed by atoms with E-state index in [4.69, 9.17) is 4.74 Å². The number of allylic oxidation sites excluding steroid dienone is 1. The Hall–Kier alpha value is -1.12. The van der Waals surface area contributed by atoms with Gasteiger partial charge in [0.1, 0.15) is 0 Å². The van der Waals surface area contributed by atoms with E-state index in [9.17, 15) is 9.59 Å². The highest BCUT2D eigenvalue weighted by Gasteiger charge is 2.35. The van der Waals surface area contributed by atoms with Crippen molar-refractivity contribution >= 4 is 11.8 Å². The summed E-state index contributed by atoms with van der Waals surface area (Å²) >= 11 is 0. The van der Waals surface area contributed by atoms with Crippen LogP contribution in [0.5, 0.6) is 0 Å². The van der Waals surface area contributed by atoms with Gasteiger partial charge in [0, 0.05) is 6.42 Å². The van der Waals surface area contributed by atoms with E-state index in [0.717, 1.165) is 18.4 Å². The summed E-state index contributed by atoms with van der Waals surface area (Å²) in [5, 5.41) is 0. The zero-order valence-electron chi connectivity index (χ0n) is 12.4. The Morgan fingerprint density at radius 3 is 2.68 bits per heavy atom. The third kappa shape index (κ3) is 4.81. The van der Waals surface area contributed by atoms with Gasteiger partial charge in [-0.1, -0.05) is 38.2 Å². The van der Waals surface area contributed by atoms with Crippen molar-refractivity contribution in [2.45, 2.75) is 59.3 Å². The predicted molar refractivity (Wildman–Crippen MR) is 75.8 cm³/mol. The van der Waals surface area contributed by atoms with Gasteiger partial charge in [-0.3, -0.25) is 9.59 Å². The Bertz CT molecular complexity index is 344. The molecule has 0 aromatic rings. The highest BCUT2D eigenvalue weighted by molar-refractivity contribution is 5.94. The van der Waals surface area contributed by atoms with Crippen molar-refractivity contribution in [3.63, 3.8) is 0 Å². The number of unbranched alkanes of at least 4 members (excludes halogenated alkanes) is 3. The molecule has 0 aromatic carbocycles. The molecular formula is C16H26O3. The molecular weight excluding hydrogens is 240 g/mol. The van der Waals surface area contributed by atoms with Crippen LogP contribution >= 0.6 is 0 Å². The van der Waals surface area contributed by atoms with Crippen molar-refractivity contribution in [2.24, 2.45) is 11.8 Å². The number of rotatable bonds is 7. The van der Waals surface area contributed by atoms with Crippen LogP contribution in [0.1, 0.15) is 59.3 Å². The number of hydrogen-bond donors (Lipinski definition) is 0. The molecule has 0 unspecified atom stereocenters. The van der Waals surface area contributed by atoms with Crippen LogP contribution < -0.4 is 0 Å². The van der Waals surface area contributed by atoms with Gasteiger partial charge < -0.3 is 4.74 Å². The Morgan fingerprint density at radius 2 is 2.05 bits per heavy atom. The van der Waals surface area contributed by atoms with Gasteiger partial charge in [0.2, 0.25) is 0 Å². The monoisotopic (exact) mass is 266 g/mol. The molecule has 1 aliphatic rings. The first-order valence-electron chi connectivity index (χ1n) is 7.47. The minimum atomic E-state index is -0.209. The fourth-order valence-corrected chi connectivity index (χ4v) is 2.86. The van der Waals surface area contributed by atoms with Crippen molar-refractivity contribution in [2.75, 3.05) is 6.61 Å². The SMILES string of the molecule is CCCCCC[C@@H]1CC(=O)C=C(C)[C@@H]1C(=O)OCC. The Labute approximate surface area is 116 Å². The minimum absolute atomic E-state index is 0.133. The second-order valence-electron chi connectivity index (χ2n) is 5.40. The standard InChI is InChI=1S/C16H26O3/c1-4-6-7-8-9-13-11-14(17)10-12(3)15(13)16(18)19-5-2/h10,13,15H,4-9,11H2,1-3H3/t13-,15+/m1/s1. The lowest BCUT2D eigenvalue weighted by Gasteiger charge is -2.29. The summed E-state index contributed by atoms with van der Waals surface area (Å²) in [7, 11) is 0. The van der Waals surface area contributed by atoms with Crippen molar-refractivity contribution in [3.05, 3.63) is 11.6 Å². The van der Waals surface area contributed by atoms with Crippen LogP contribution in [0.2, 0.25) is 0 Å². The zero-order valence-corrected chi connectivity index (χ0v) is 12.4. The summed E-state index contributed by atoms with van der Waals surface area (Å²) in [5.74, 6) is -0.0875. The van der Waals surface area contributed by atoms with E-state index < -0.39 is 0 Å². The van der Waals surface area contributed by atoms with Crippen molar-refractivity contribution in [3.8, 4) is 0 Å². The molecule has 1 rings (SSSR count). The van der Waals surface area contributed by atoms with Crippen LogP contribution in [0.3, 0.4) is 0 Å². The molecule has 0 heterocycles. The molecule has 3 nitrogen and oxygen atoms in total. The lowest BCUT2D eigenvalue weighted by Crippen LogP contribution is -2.32. The van der Waals surface area contributed by atoms with E-state index in [0.29, 0.717) is 13.0 Å². The molecule has 0 fully saturated rings. The highest BCUT2D eigenvalue weighted by atomic mass is 16.5. The third-order valence-electron chi connectivity index (χ3n) is 3.78. The lowest BCUT2D eigenvalue weighted by molar-refractivity contribution is -0.149. The van der Waals surface area contributed by atoms with Crippen LogP contribution in [0.15, 0.2) is 11.6 Å². The molecule has 0 radical (unpaired) electrons. The molecule has 0 amide bonds. The summed E-state index contributed by atoms with van der Waals surface area (Å²) < 4.78 is 5.15. The Kier molecular flexibility index (Phi) is 6.82. The van der Waals surface area contributed by atoms with Crippen LogP contribution in [-0.4, -0.2) is 18.4 Å². The smallest absolute Gasteiger partial charge is 0.313 e. The zero-order chi connectivity index (χ0) is 14.3. The first-order chi connectivity index (χ1) is 9.10. The molecule has 2 atom stereocenters. The van der Waals surface area contributed by atoms with Crippen molar-refractivity contribution in [1.29, 1.82) is 0 Å². The lowest BCUT2D eigenvalue weighted by atomic mass is 9.76. The summed E-state index contributed by atoms with van der Waals surface area (Å²) in [6.07, 6.45) is 7.75. The van der Waals surface area contributed by atoms with Crippen LogP contribution in [0, 0.1) is 11.8 Å². The second kappa shape index (κ2) is 8.13.